The zero-order valence-electron chi connectivity index (χ0n) is 8.37. The first-order valence-electron chi connectivity index (χ1n) is 4.21. The van der Waals surface area contributed by atoms with Crippen LogP contribution in [0.2, 0.25) is 0 Å². The van der Waals surface area contributed by atoms with Crippen molar-refractivity contribution in [2.24, 2.45) is 0 Å². The lowest BCUT2D eigenvalue weighted by Gasteiger charge is -2.18. The zero-order chi connectivity index (χ0) is 10.9. The van der Waals surface area contributed by atoms with Gasteiger partial charge < -0.3 is 14.6 Å². The molecule has 78 valence electrons. The summed E-state index contributed by atoms with van der Waals surface area (Å²) >= 11 is 0. The minimum Gasteiger partial charge on any atom is -0.481 e. The number of hydrogen-bond donors (Lipinski definition) is 2. The Bertz CT molecular complexity index is 354. The maximum Gasteiger partial charge on any atom is 0.306 e. The Kier molecular flexibility index (Phi) is 2.62. The number of hydrogen-bond acceptors (Lipinski definition) is 4. The third-order valence-electron chi connectivity index (χ3n) is 1.89. The largest absolute Gasteiger partial charge is 0.481 e. The fourth-order valence-corrected chi connectivity index (χ4v) is 1.41. The number of nitrogens with zero attached hydrogens (tertiary/aromatic N) is 1. The molecule has 0 spiro atoms. The number of carbonyl (C=O) groups is 1. The third kappa shape index (κ3) is 2.11. The van der Waals surface area contributed by atoms with Gasteiger partial charge in [0.2, 0.25) is 0 Å². The van der Waals surface area contributed by atoms with E-state index < -0.39 is 18.0 Å². The molecule has 1 rings (SSSR count). The molecule has 0 fully saturated rings. The second kappa shape index (κ2) is 3.42. The van der Waals surface area contributed by atoms with Gasteiger partial charge >= 0.3 is 5.97 Å². The lowest BCUT2D eigenvalue weighted by molar-refractivity contribution is -0.143. The predicted molar refractivity (Wildman–Crippen MR) is 47.8 cm³/mol. The van der Waals surface area contributed by atoms with Gasteiger partial charge in [-0.15, -0.1) is 0 Å². The molecule has 5 heteroatoms. The van der Waals surface area contributed by atoms with E-state index in [0.717, 1.165) is 0 Å². The van der Waals surface area contributed by atoms with Crippen molar-refractivity contribution in [1.82, 2.24) is 4.98 Å². The SMILES string of the molecule is Cc1nc(C)c(C(C)(O)CC(=O)O)o1. The van der Waals surface area contributed by atoms with E-state index in [1.807, 2.05) is 0 Å². The van der Waals surface area contributed by atoms with Gasteiger partial charge in [-0.1, -0.05) is 0 Å². The van der Waals surface area contributed by atoms with Crippen molar-refractivity contribution < 1.29 is 19.4 Å². The normalized spacial score (nSPS) is 15.1. The Morgan fingerprint density at radius 2 is 2.14 bits per heavy atom. The van der Waals surface area contributed by atoms with E-state index in [4.69, 9.17) is 9.52 Å². The lowest BCUT2D eigenvalue weighted by Crippen LogP contribution is -2.25. The highest BCUT2D eigenvalue weighted by molar-refractivity contribution is 5.68. The molecule has 5 nitrogen and oxygen atoms in total. The van der Waals surface area contributed by atoms with Gasteiger partial charge in [0.1, 0.15) is 5.60 Å². The van der Waals surface area contributed by atoms with Crippen molar-refractivity contribution in [2.75, 3.05) is 0 Å². The summed E-state index contributed by atoms with van der Waals surface area (Å²) in [5, 5.41) is 18.4. The topological polar surface area (TPSA) is 83.6 Å². The minimum absolute atomic E-state index is 0.220. The molecule has 0 bridgehead atoms. The van der Waals surface area contributed by atoms with Crippen LogP contribution in [0, 0.1) is 13.8 Å². The fourth-order valence-electron chi connectivity index (χ4n) is 1.41. The van der Waals surface area contributed by atoms with Crippen molar-refractivity contribution in [3.8, 4) is 0 Å². The summed E-state index contributed by atoms with van der Waals surface area (Å²) in [5.41, 5.74) is -0.981. The summed E-state index contributed by atoms with van der Waals surface area (Å²) in [5.74, 6) is -0.441. The highest BCUT2D eigenvalue weighted by atomic mass is 16.4. The molecule has 0 saturated carbocycles. The predicted octanol–water partition coefficient (Wildman–Crippen LogP) is 0.974. The molecule has 1 aromatic rings. The van der Waals surface area contributed by atoms with Crippen LogP contribution in [0.4, 0.5) is 0 Å². The Morgan fingerprint density at radius 1 is 1.57 bits per heavy atom. The molecule has 14 heavy (non-hydrogen) atoms. The van der Waals surface area contributed by atoms with Crippen molar-refractivity contribution in [2.45, 2.75) is 32.8 Å². The summed E-state index contributed by atoms with van der Waals surface area (Å²) in [6, 6.07) is 0. The van der Waals surface area contributed by atoms with Gasteiger partial charge in [0.15, 0.2) is 11.7 Å². The highest BCUT2D eigenvalue weighted by Crippen LogP contribution is 2.27. The molecule has 0 saturated heterocycles. The fraction of sp³-hybridized carbons (Fsp3) is 0.556. The quantitative estimate of drug-likeness (QED) is 0.757. The first-order chi connectivity index (χ1) is 6.33. The number of oxazole rings is 1. The number of rotatable bonds is 3. The van der Waals surface area contributed by atoms with E-state index in [0.29, 0.717) is 11.6 Å². The van der Waals surface area contributed by atoms with Crippen LogP contribution in [0.3, 0.4) is 0 Å². The van der Waals surface area contributed by atoms with Crippen molar-refractivity contribution >= 4 is 5.97 Å². The Hall–Kier alpha value is -1.36. The van der Waals surface area contributed by atoms with Crippen LogP contribution >= 0.6 is 0 Å². The van der Waals surface area contributed by atoms with Crippen LogP contribution in [0.5, 0.6) is 0 Å². The maximum atomic E-state index is 10.5. The second-order valence-corrected chi connectivity index (χ2v) is 3.49. The van der Waals surface area contributed by atoms with Gasteiger partial charge in [0, 0.05) is 6.92 Å². The van der Waals surface area contributed by atoms with Crippen LogP contribution in [-0.4, -0.2) is 21.2 Å². The van der Waals surface area contributed by atoms with E-state index in [1.54, 1.807) is 13.8 Å². The number of aryl methyl sites for hydroxylation is 2. The average molecular weight is 199 g/mol. The van der Waals surface area contributed by atoms with Crippen LogP contribution in [-0.2, 0) is 10.4 Å². The van der Waals surface area contributed by atoms with E-state index in [9.17, 15) is 9.90 Å². The molecular weight excluding hydrogens is 186 g/mol. The van der Waals surface area contributed by atoms with Gasteiger partial charge in [0.05, 0.1) is 12.1 Å². The summed E-state index contributed by atoms with van der Waals surface area (Å²) in [7, 11) is 0. The number of aromatic nitrogens is 1. The average Bonchev–Trinajstić information content (AvgIpc) is 2.27. The first-order valence-corrected chi connectivity index (χ1v) is 4.21. The Labute approximate surface area is 81.4 Å². The van der Waals surface area contributed by atoms with Crippen LogP contribution in [0.15, 0.2) is 4.42 Å². The molecule has 0 aliphatic carbocycles. The van der Waals surface area contributed by atoms with Crippen molar-refractivity contribution in [1.29, 1.82) is 0 Å². The van der Waals surface area contributed by atoms with Gasteiger partial charge in [-0.25, -0.2) is 4.98 Å². The van der Waals surface area contributed by atoms with E-state index in [1.165, 1.54) is 6.92 Å². The van der Waals surface area contributed by atoms with E-state index in [2.05, 4.69) is 4.98 Å². The molecule has 0 radical (unpaired) electrons. The van der Waals surface area contributed by atoms with E-state index >= 15 is 0 Å². The van der Waals surface area contributed by atoms with Gasteiger partial charge in [-0.2, -0.15) is 0 Å². The number of carboxylic acids is 1. The smallest absolute Gasteiger partial charge is 0.306 e. The van der Waals surface area contributed by atoms with E-state index in [-0.39, 0.29) is 5.76 Å². The Balaban J connectivity index is 3.02. The minimum atomic E-state index is -1.50. The maximum absolute atomic E-state index is 10.5. The molecule has 1 aromatic heterocycles. The number of carboxylic acid groups (broad SMARTS) is 1. The van der Waals surface area contributed by atoms with Crippen LogP contribution in [0.1, 0.15) is 30.7 Å². The Morgan fingerprint density at radius 3 is 2.50 bits per heavy atom. The van der Waals surface area contributed by atoms with Crippen molar-refractivity contribution in [3.63, 3.8) is 0 Å². The molecule has 1 unspecified atom stereocenters. The summed E-state index contributed by atoms with van der Waals surface area (Å²) in [6.45, 7) is 4.71. The summed E-state index contributed by atoms with van der Waals surface area (Å²) in [4.78, 5) is 14.4. The summed E-state index contributed by atoms with van der Waals surface area (Å²) < 4.78 is 5.16. The van der Waals surface area contributed by atoms with Gasteiger partial charge in [-0.3, -0.25) is 4.79 Å². The molecule has 0 aliphatic heterocycles. The lowest BCUT2D eigenvalue weighted by atomic mass is 9.98. The van der Waals surface area contributed by atoms with Gasteiger partial charge in [-0.05, 0) is 13.8 Å². The molecule has 0 aromatic carbocycles. The monoisotopic (exact) mass is 199 g/mol. The molecule has 1 heterocycles. The van der Waals surface area contributed by atoms with Crippen LogP contribution < -0.4 is 0 Å². The molecular formula is C9H13NO4. The molecule has 0 amide bonds. The number of aliphatic carboxylic acids is 1. The zero-order valence-corrected chi connectivity index (χ0v) is 8.37. The van der Waals surface area contributed by atoms with Crippen molar-refractivity contribution in [3.05, 3.63) is 17.3 Å². The summed E-state index contributed by atoms with van der Waals surface area (Å²) in [6.07, 6.45) is -0.400. The van der Waals surface area contributed by atoms with Gasteiger partial charge in [0.25, 0.3) is 0 Å². The second-order valence-electron chi connectivity index (χ2n) is 3.49. The number of aliphatic hydroxyl groups is 1. The molecule has 1 atom stereocenters. The first kappa shape index (κ1) is 10.7. The molecule has 0 aliphatic rings. The van der Waals surface area contributed by atoms with Crippen LogP contribution in [0.25, 0.3) is 0 Å². The highest BCUT2D eigenvalue weighted by Gasteiger charge is 2.32. The molecule has 2 N–H and O–H groups in total. The standard InChI is InChI=1S/C9H13NO4/c1-5-8(14-6(2)10-5)9(3,13)4-7(11)12/h13H,4H2,1-3H3,(H,11,12). The third-order valence-corrected chi connectivity index (χ3v) is 1.89.